The molecule has 0 amide bonds. The Bertz CT molecular complexity index is 777. The Morgan fingerprint density at radius 3 is 2.22 bits per heavy atom. The van der Waals surface area contributed by atoms with Crippen LogP contribution in [0, 0.1) is 0 Å². The summed E-state index contributed by atoms with van der Waals surface area (Å²) in [7, 11) is 4.07. The second-order valence-electron chi connectivity index (χ2n) is 5.70. The van der Waals surface area contributed by atoms with Crippen LogP contribution in [0.3, 0.4) is 0 Å². The fourth-order valence-electron chi connectivity index (χ4n) is 2.38. The smallest absolute Gasteiger partial charge is 0.124 e. The van der Waals surface area contributed by atoms with Crippen molar-refractivity contribution in [1.29, 1.82) is 0 Å². The van der Waals surface area contributed by atoms with Crippen molar-refractivity contribution >= 4 is 17.0 Å². The van der Waals surface area contributed by atoms with Gasteiger partial charge in [0.2, 0.25) is 0 Å². The molecule has 5 heteroatoms. The van der Waals surface area contributed by atoms with Gasteiger partial charge in [0.1, 0.15) is 5.01 Å². The zero-order valence-electron chi connectivity index (χ0n) is 13.5. The normalized spacial score (nSPS) is 12.2. The average molecular weight is 324 g/mol. The van der Waals surface area contributed by atoms with Crippen molar-refractivity contribution in [3.8, 4) is 21.8 Å². The van der Waals surface area contributed by atoms with Crippen molar-refractivity contribution < 1.29 is 0 Å². The monoisotopic (exact) mass is 324 g/mol. The fraction of sp³-hybridized carbons (Fsp3) is 0.222. The van der Waals surface area contributed by atoms with Gasteiger partial charge in [0, 0.05) is 54.2 Å². The van der Waals surface area contributed by atoms with Crippen LogP contribution in [-0.2, 0) is 0 Å². The molecule has 118 valence electrons. The van der Waals surface area contributed by atoms with Gasteiger partial charge in [-0.1, -0.05) is 12.1 Å². The third-order valence-corrected chi connectivity index (χ3v) is 4.96. The minimum atomic E-state index is -0.0494. The van der Waals surface area contributed by atoms with E-state index in [2.05, 4.69) is 34.1 Å². The van der Waals surface area contributed by atoms with Crippen LogP contribution in [0.1, 0.15) is 17.8 Å². The maximum absolute atomic E-state index is 6.17. The van der Waals surface area contributed by atoms with E-state index in [-0.39, 0.29) is 6.04 Å². The summed E-state index contributed by atoms with van der Waals surface area (Å²) in [6.45, 7) is 2.00. The van der Waals surface area contributed by atoms with E-state index >= 15 is 0 Å². The molecule has 0 aliphatic heterocycles. The second kappa shape index (κ2) is 6.48. The minimum absolute atomic E-state index is 0.0494. The number of hydrogen-bond acceptors (Lipinski definition) is 5. The molecule has 1 unspecified atom stereocenters. The molecule has 3 aromatic rings. The summed E-state index contributed by atoms with van der Waals surface area (Å²) in [5.41, 5.74) is 10.5. The first kappa shape index (κ1) is 15.6. The summed E-state index contributed by atoms with van der Waals surface area (Å²) in [4.78, 5) is 12.1. The van der Waals surface area contributed by atoms with Gasteiger partial charge in [-0.05, 0) is 31.2 Å². The second-order valence-corrected chi connectivity index (χ2v) is 6.73. The van der Waals surface area contributed by atoms with Crippen LogP contribution in [0.15, 0.2) is 48.8 Å². The molecule has 0 bridgehead atoms. The Morgan fingerprint density at radius 2 is 1.65 bits per heavy atom. The van der Waals surface area contributed by atoms with Crippen LogP contribution in [-0.4, -0.2) is 24.1 Å². The number of aromatic nitrogens is 2. The number of anilines is 1. The van der Waals surface area contributed by atoms with Gasteiger partial charge in [-0.15, -0.1) is 11.3 Å². The van der Waals surface area contributed by atoms with Crippen LogP contribution in [0.4, 0.5) is 5.69 Å². The molecule has 2 heterocycles. The highest BCUT2D eigenvalue weighted by atomic mass is 32.1. The van der Waals surface area contributed by atoms with E-state index in [9.17, 15) is 0 Å². The van der Waals surface area contributed by atoms with Crippen molar-refractivity contribution in [1.82, 2.24) is 9.97 Å². The molecule has 0 aliphatic rings. The molecule has 0 spiro atoms. The molecule has 0 aliphatic carbocycles. The van der Waals surface area contributed by atoms with Crippen molar-refractivity contribution in [2.75, 3.05) is 19.0 Å². The van der Waals surface area contributed by atoms with Gasteiger partial charge in [0.15, 0.2) is 0 Å². The van der Waals surface area contributed by atoms with Gasteiger partial charge in [-0.25, -0.2) is 4.98 Å². The third kappa shape index (κ3) is 3.25. The molecular formula is C18H20N4S. The van der Waals surface area contributed by atoms with E-state index in [1.165, 1.54) is 5.69 Å². The van der Waals surface area contributed by atoms with Crippen LogP contribution in [0.5, 0.6) is 0 Å². The van der Waals surface area contributed by atoms with E-state index in [0.29, 0.717) is 0 Å². The third-order valence-electron chi connectivity index (χ3n) is 3.65. The first-order chi connectivity index (χ1) is 11.1. The minimum Gasteiger partial charge on any atom is -0.378 e. The number of nitrogens with zero attached hydrogens (tertiary/aromatic N) is 3. The zero-order chi connectivity index (χ0) is 16.4. The van der Waals surface area contributed by atoms with Gasteiger partial charge in [0.05, 0.1) is 5.69 Å². The molecule has 1 aromatic carbocycles. The highest BCUT2D eigenvalue weighted by Gasteiger charge is 2.17. The Morgan fingerprint density at radius 1 is 1.00 bits per heavy atom. The molecule has 0 fully saturated rings. The van der Waals surface area contributed by atoms with Crippen LogP contribution in [0.2, 0.25) is 0 Å². The number of nitrogens with two attached hydrogens (primary N) is 1. The van der Waals surface area contributed by atoms with Gasteiger partial charge >= 0.3 is 0 Å². The van der Waals surface area contributed by atoms with Crippen molar-refractivity contribution in [3.05, 3.63) is 53.7 Å². The molecule has 3 rings (SSSR count). The zero-order valence-corrected chi connectivity index (χ0v) is 14.3. The fourth-order valence-corrected chi connectivity index (χ4v) is 3.43. The van der Waals surface area contributed by atoms with E-state index < -0.39 is 0 Å². The lowest BCUT2D eigenvalue weighted by Crippen LogP contribution is -2.08. The number of rotatable bonds is 4. The molecule has 23 heavy (non-hydrogen) atoms. The summed E-state index contributed by atoms with van der Waals surface area (Å²) in [6, 6.07) is 12.3. The van der Waals surface area contributed by atoms with Crippen LogP contribution < -0.4 is 10.6 Å². The van der Waals surface area contributed by atoms with E-state index in [4.69, 9.17) is 10.7 Å². The molecule has 1 atom stereocenters. The number of hydrogen-bond donors (Lipinski definition) is 1. The van der Waals surface area contributed by atoms with Crippen molar-refractivity contribution in [3.63, 3.8) is 0 Å². The lowest BCUT2D eigenvalue weighted by atomic mass is 10.1. The molecule has 0 saturated heterocycles. The van der Waals surface area contributed by atoms with E-state index in [0.717, 1.165) is 26.7 Å². The first-order valence-corrected chi connectivity index (χ1v) is 8.32. The molecule has 2 aromatic heterocycles. The van der Waals surface area contributed by atoms with Gasteiger partial charge in [0.25, 0.3) is 0 Å². The van der Waals surface area contributed by atoms with Crippen LogP contribution >= 0.6 is 11.3 Å². The SMILES string of the molecule is CC(N)c1sc(-c2ccncc2)nc1-c1ccc(N(C)C)cc1. The van der Waals surface area contributed by atoms with E-state index in [1.807, 2.05) is 33.2 Å². The van der Waals surface area contributed by atoms with Crippen molar-refractivity contribution in [2.24, 2.45) is 5.73 Å². The topological polar surface area (TPSA) is 55.0 Å². The summed E-state index contributed by atoms with van der Waals surface area (Å²) in [5.74, 6) is 0. The lowest BCUT2D eigenvalue weighted by Gasteiger charge is -2.13. The Labute approximate surface area is 140 Å². The standard InChI is InChI=1S/C18H20N4S/c1-12(19)17-16(13-4-6-15(7-5-13)22(2)3)21-18(23-17)14-8-10-20-11-9-14/h4-12H,19H2,1-3H3. The first-order valence-electron chi connectivity index (χ1n) is 7.50. The summed E-state index contributed by atoms with van der Waals surface area (Å²) in [6.07, 6.45) is 3.57. The maximum Gasteiger partial charge on any atom is 0.124 e. The average Bonchev–Trinajstić information content (AvgIpc) is 3.01. The highest BCUT2D eigenvalue weighted by Crippen LogP contribution is 2.36. The van der Waals surface area contributed by atoms with Crippen molar-refractivity contribution in [2.45, 2.75) is 13.0 Å². The Hall–Kier alpha value is -2.24. The summed E-state index contributed by atoms with van der Waals surface area (Å²) >= 11 is 1.65. The maximum atomic E-state index is 6.17. The van der Waals surface area contributed by atoms with Gasteiger partial charge in [-0.3, -0.25) is 4.98 Å². The Kier molecular flexibility index (Phi) is 4.41. The molecular weight excluding hydrogens is 304 g/mol. The molecule has 0 saturated carbocycles. The number of benzene rings is 1. The number of thiazole rings is 1. The molecule has 2 N–H and O–H groups in total. The lowest BCUT2D eigenvalue weighted by molar-refractivity contribution is 0.837. The Balaban J connectivity index is 2.05. The van der Waals surface area contributed by atoms with Gasteiger partial charge < -0.3 is 10.6 Å². The van der Waals surface area contributed by atoms with Gasteiger partial charge in [-0.2, -0.15) is 0 Å². The predicted octanol–water partition coefficient (Wildman–Crippen LogP) is 3.96. The van der Waals surface area contributed by atoms with Crippen LogP contribution in [0.25, 0.3) is 21.8 Å². The molecule has 4 nitrogen and oxygen atoms in total. The number of pyridine rings is 1. The quantitative estimate of drug-likeness (QED) is 0.789. The largest absolute Gasteiger partial charge is 0.378 e. The summed E-state index contributed by atoms with van der Waals surface area (Å²) < 4.78 is 0. The summed E-state index contributed by atoms with van der Waals surface area (Å²) in [5, 5.41) is 0.978. The molecule has 0 radical (unpaired) electrons. The predicted molar refractivity (Wildman–Crippen MR) is 97.7 cm³/mol. The van der Waals surface area contributed by atoms with E-state index in [1.54, 1.807) is 23.7 Å². The highest BCUT2D eigenvalue weighted by molar-refractivity contribution is 7.15.